The van der Waals surface area contributed by atoms with Crippen LogP contribution in [0.1, 0.15) is 10.4 Å². The van der Waals surface area contributed by atoms with Gasteiger partial charge in [-0.1, -0.05) is 30.0 Å². The molecule has 0 aliphatic rings. The first-order valence-corrected chi connectivity index (χ1v) is 14.0. The Hall–Kier alpha value is -3.65. The topological polar surface area (TPSA) is 141 Å². The van der Waals surface area contributed by atoms with Gasteiger partial charge in [-0.3, -0.25) is 25.0 Å². The van der Waals surface area contributed by atoms with Crippen molar-refractivity contribution in [2.75, 3.05) is 0 Å². The van der Waals surface area contributed by atoms with Crippen molar-refractivity contribution in [1.82, 2.24) is 0 Å². The normalized spacial score (nSPS) is 10.6. The van der Waals surface area contributed by atoms with E-state index >= 15 is 0 Å². The Morgan fingerprint density at radius 3 is 2.10 bits per heavy atom. The largest absolute Gasteiger partial charge is 0.478 e. The number of hydrogen-bond acceptors (Lipinski definition) is 8. The molecule has 1 aromatic heterocycles. The van der Waals surface area contributed by atoms with Crippen molar-refractivity contribution >= 4 is 92.5 Å². The predicted octanol–water partition coefficient (Wildman–Crippen LogP) is 8.29. The standard InChI is InChI=1S/C13H8BrNO4S.C13H6BrNO3S/c14-10-3-1-2-4-12(10)20-11-6-5-8(15(18)19)7-9(11)13(16)17;14-10-3-1-2-8-12(16)9-6-7(15(17)18)4-5-11(9)19-13(8)10/h1-7H,(H,16,17);1-6H. The average Bonchev–Trinajstić information content (AvgIpc) is 2.91. The second-order valence-corrected chi connectivity index (χ2v) is 11.6. The molecule has 0 aliphatic carbocycles. The highest BCUT2D eigenvalue weighted by Gasteiger charge is 2.17. The highest BCUT2D eigenvalue weighted by Crippen LogP contribution is 2.36. The zero-order valence-corrected chi connectivity index (χ0v) is 24.2. The van der Waals surface area contributed by atoms with Crippen molar-refractivity contribution < 1.29 is 19.7 Å². The summed E-state index contributed by atoms with van der Waals surface area (Å²) in [6.45, 7) is 0. The fourth-order valence-electron chi connectivity index (χ4n) is 3.48. The minimum atomic E-state index is -1.19. The van der Waals surface area contributed by atoms with Gasteiger partial charge in [0.15, 0.2) is 5.43 Å². The number of nitrogens with zero attached hydrogens (tertiary/aromatic N) is 2. The van der Waals surface area contributed by atoms with Crippen molar-refractivity contribution in [2.24, 2.45) is 0 Å². The van der Waals surface area contributed by atoms with Crippen molar-refractivity contribution in [1.29, 1.82) is 0 Å². The van der Waals surface area contributed by atoms with E-state index in [2.05, 4.69) is 31.9 Å². The Balaban J connectivity index is 0.000000181. The first-order chi connectivity index (χ1) is 18.6. The van der Waals surface area contributed by atoms with E-state index in [1.54, 1.807) is 18.2 Å². The number of aromatic carboxylic acids is 1. The number of rotatable bonds is 5. The van der Waals surface area contributed by atoms with Gasteiger partial charge in [0.05, 0.1) is 20.1 Å². The van der Waals surface area contributed by atoms with E-state index in [1.807, 2.05) is 30.3 Å². The van der Waals surface area contributed by atoms with Gasteiger partial charge in [0.25, 0.3) is 11.4 Å². The van der Waals surface area contributed by atoms with Crippen LogP contribution >= 0.6 is 55.0 Å². The third kappa shape index (κ3) is 6.33. The van der Waals surface area contributed by atoms with Crippen molar-refractivity contribution in [3.05, 3.63) is 124 Å². The molecule has 0 bridgehead atoms. The zero-order valence-electron chi connectivity index (χ0n) is 19.4. The number of halogens is 2. The van der Waals surface area contributed by atoms with Gasteiger partial charge in [-0.15, -0.1) is 11.3 Å². The van der Waals surface area contributed by atoms with Gasteiger partial charge in [0.2, 0.25) is 0 Å². The first-order valence-electron chi connectivity index (χ1n) is 10.8. The molecule has 4 aromatic carbocycles. The van der Waals surface area contributed by atoms with Gasteiger partial charge in [-0.2, -0.15) is 0 Å². The van der Waals surface area contributed by atoms with Crippen LogP contribution in [0.15, 0.2) is 102 Å². The molecule has 0 spiro atoms. The van der Waals surface area contributed by atoms with E-state index in [1.165, 1.54) is 47.4 Å². The van der Waals surface area contributed by atoms with Gasteiger partial charge in [0, 0.05) is 58.5 Å². The second kappa shape index (κ2) is 12.0. The molecule has 0 saturated carbocycles. The molecule has 5 rings (SSSR count). The molecule has 0 saturated heterocycles. The summed E-state index contributed by atoms with van der Waals surface area (Å²) in [7, 11) is 0. The Kier molecular flexibility index (Phi) is 8.75. The number of nitro benzene ring substituents is 2. The Labute approximate surface area is 244 Å². The van der Waals surface area contributed by atoms with Crippen LogP contribution in [0.2, 0.25) is 0 Å². The maximum Gasteiger partial charge on any atom is 0.337 e. The van der Waals surface area contributed by atoms with E-state index in [0.717, 1.165) is 29.3 Å². The van der Waals surface area contributed by atoms with Gasteiger partial charge >= 0.3 is 5.97 Å². The molecule has 0 fully saturated rings. The van der Waals surface area contributed by atoms with Crippen LogP contribution < -0.4 is 5.43 Å². The van der Waals surface area contributed by atoms with E-state index in [0.29, 0.717) is 15.7 Å². The summed E-state index contributed by atoms with van der Waals surface area (Å²) in [5.74, 6) is -1.19. The summed E-state index contributed by atoms with van der Waals surface area (Å²) in [6.07, 6.45) is 0. The van der Waals surface area contributed by atoms with E-state index < -0.39 is 15.8 Å². The number of carboxylic acids is 1. The van der Waals surface area contributed by atoms with Crippen molar-refractivity contribution in [3.63, 3.8) is 0 Å². The van der Waals surface area contributed by atoms with E-state index in [-0.39, 0.29) is 22.4 Å². The molecule has 5 aromatic rings. The lowest BCUT2D eigenvalue weighted by atomic mass is 10.2. The van der Waals surface area contributed by atoms with Gasteiger partial charge in [-0.25, -0.2) is 4.79 Å². The van der Waals surface area contributed by atoms with E-state index in [4.69, 9.17) is 0 Å². The maximum atomic E-state index is 12.4. The summed E-state index contributed by atoms with van der Waals surface area (Å²) < 4.78 is 3.29. The first kappa shape index (κ1) is 28.4. The molecule has 0 amide bonds. The quantitative estimate of drug-likeness (QED) is 0.110. The summed E-state index contributed by atoms with van der Waals surface area (Å²) in [6, 6.07) is 20.9. The van der Waals surface area contributed by atoms with Gasteiger partial charge in [-0.05, 0) is 68.3 Å². The molecular weight excluding hydrogens is 676 g/mol. The lowest BCUT2D eigenvalue weighted by molar-refractivity contribution is -0.385. The molecular formula is C26H14Br2N2O7S2. The molecule has 1 N–H and O–H groups in total. The number of fused-ring (bicyclic) bond motifs is 2. The third-order valence-corrected chi connectivity index (χ3v) is 9.55. The Morgan fingerprint density at radius 1 is 0.795 bits per heavy atom. The van der Waals surface area contributed by atoms with Crippen molar-refractivity contribution in [2.45, 2.75) is 9.79 Å². The smallest absolute Gasteiger partial charge is 0.337 e. The van der Waals surface area contributed by atoms with Crippen LogP contribution in [-0.2, 0) is 0 Å². The molecule has 1 heterocycles. The van der Waals surface area contributed by atoms with Gasteiger partial charge < -0.3 is 5.11 Å². The SMILES string of the molecule is O=C(O)c1cc([N+](=O)[O-])ccc1Sc1ccccc1Br.O=c1c2cc([N+](=O)[O-])ccc2sc2c(Br)cccc12. The van der Waals surface area contributed by atoms with E-state index in [9.17, 15) is 34.9 Å². The summed E-state index contributed by atoms with van der Waals surface area (Å²) in [5, 5.41) is 31.6. The highest BCUT2D eigenvalue weighted by atomic mass is 79.9. The second-order valence-electron chi connectivity index (χ2n) is 7.76. The Bertz CT molecular complexity index is 1840. The molecule has 0 aliphatic heterocycles. The van der Waals surface area contributed by atoms with Gasteiger partial charge in [0.1, 0.15) is 0 Å². The van der Waals surface area contributed by atoms with Crippen LogP contribution in [0, 0.1) is 20.2 Å². The maximum absolute atomic E-state index is 12.4. The highest BCUT2D eigenvalue weighted by molar-refractivity contribution is 9.11. The minimum Gasteiger partial charge on any atom is -0.478 e. The van der Waals surface area contributed by atoms with Crippen LogP contribution in [0.3, 0.4) is 0 Å². The summed E-state index contributed by atoms with van der Waals surface area (Å²) in [4.78, 5) is 45.3. The third-order valence-electron chi connectivity index (χ3n) is 5.30. The molecule has 0 atom stereocenters. The molecule has 13 heteroatoms. The average molecular weight is 690 g/mol. The number of benzene rings is 4. The predicted molar refractivity (Wildman–Crippen MR) is 158 cm³/mol. The molecule has 9 nitrogen and oxygen atoms in total. The van der Waals surface area contributed by atoms with Crippen LogP contribution in [-0.4, -0.2) is 20.9 Å². The number of carbonyl (C=O) groups is 1. The number of non-ortho nitro benzene ring substituents is 2. The summed E-state index contributed by atoms with van der Waals surface area (Å²) >= 11 is 9.48. The minimum absolute atomic E-state index is 0.0638. The molecule has 39 heavy (non-hydrogen) atoms. The summed E-state index contributed by atoms with van der Waals surface area (Å²) in [5.41, 5.74) is -0.557. The fraction of sp³-hybridized carbons (Fsp3) is 0. The van der Waals surface area contributed by atoms with Crippen LogP contribution in [0.4, 0.5) is 11.4 Å². The number of nitro groups is 2. The lowest BCUT2D eigenvalue weighted by Gasteiger charge is -2.07. The van der Waals surface area contributed by atoms with Crippen molar-refractivity contribution in [3.8, 4) is 0 Å². The molecule has 196 valence electrons. The molecule has 0 radical (unpaired) electrons. The number of carboxylic acid groups (broad SMARTS) is 1. The number of hydrogen-bond donors (Lipinski definition) is 1. The van der Waals surface area contributed by atoms with Crippen LogP contribution in [0.25, 0.3) is 20.2 Å². The lowest BCUT2D eigenvalue weighted by Crippen LogP contribution is -2.01. The Morgan fingerprint density at radius 2 is 1.44 bits per heavy atom. The zero-order chi connectivity index (χ0) is 28.3. The molecule has 0 unspecified atom stereocenters. The fourth-order valence-corrected chi connectivity index (χ4v) is 6.61. The monoisotopic (exact) mass is 688 g/mol. The van der Waals surface area contributed by atoms with Crippen LogP contribution in [0.5, 0.6) is 0 Å².